The maximum atomic E-state index is 13.1. The number of ether oxygens (including phenoxy) is 1. The van der Waals surface area contributed by atoms with Crippen molar-refractivity contribution < 1.29 is 14.6 Å². The zero-order chi connectivity index (χ0) is 20.8. The van der Waals surface area contributed by atoms with Gasteiger partial charge in [0.25, 0.3) is 5.56 Å². The van der Waals surface area contributed by atoms with Crippen molar-refractivity contribution in [2.24, 2.45) is 0 Å². The van der Waals surface area contributed by atoms with Crippen molar-refractivity contribution in [2.45, 2.75) is 52.0 Å². The van der Waals surface area contributed by atoms with Crippen LogP contribution in [0.3, 0.4) is 0 Å². The SMILES string of the molecule is CC1(C)Cc2sc3c(=O)n(CCc4ccccc4)c(=O)n(CC(=O)[O-])c3c2CO1. The zero-order valence-corrected chi connectivity index (χ0v) is 17.1. The van der Waals surface area contributed by atoms with Gasteiger partial charge in [-0.3, -0.25) is 13.9 Å². The molecule has 0 fully saturated rings. The highest BCUT2D eigenvalue weighted by Crippen LogP contribution is 2.37. The quantitative estimate of drug-likeness (QED) is 0.624. The molecular formula is C21H21N2O5S-. The van der Waals surface area contributed by atoms with Crippen molar-refractivity contribution in [2.75, 3.05) is 0 Å². The standard InChI is InChI=1S/C21H22N2O5S/c1-21(2)10-15-14(12-28-21)17-18(29-15)19(26)22(20(27)23(17)11-16(24)25)9-8-13-6-4-3-5-7-13/h3-7H,8-12H2,1-2H3,(H,24,25)/p-1. The second-order valence-corrected chi connectivity index (χ2v) is 8.94. The lowest BCUT2D eigenvalue weighted by atomic mass is 9.98. The van der Waals surface area contributed by atoms with Crippen molar-refractivity contribution in [1.82, 2.24) is 9.13 Å². The largest absolute Gasteiger partial charge is 0.548 e. The van der Waals surface area contributed by atoms with Gasteiger partial charge in [-0.15, -0.1) is 11.3 Å². The van der Waals surface area contributed by atoms with Crippen molar-refractivity contribution in [3.05, 3.63) is 67.2 Å². The van der Waals surface area contributed by atoms with Crippen molar-refractivity contribution in [1.29, 1.82) is 0 Å². The van der Waals surface area contributed by atoms with Crippen molar-refractivity contribution in [3.8, 4) is 0 Å². The molecule has 0 saturated carbocycles. The number of hydrogen-bond donors (Lipinski definition) is 0. The summed E-state index contributed by atoms with van der Waals surface area (Å²) >= 11 is 1.33. The smallest absolute Gasteiger partial charge is 0.331 e. The first-order valence-corrected chi connectivity index (χ1v) is 10.2. The molecule has 0 saturated heterocycles. The lowest BCUT2D eigenvalue weighted by Crippen LogP contribution is -2.43. The van der Waals surface area contributed by atoms with E-state index in [4.69, 9.17) is 4.74 Å². The molecule has 0 aliphatic carbocycles. The maximum Gasteiger partial charge on any atom is 0.331 e. The lowest BCUT2D eigenvalue weighted by molar-refractivity contribution is -0.306. The lowest BCUT2D eigenvalue weighted by Gasteiger charge is -2.30. The zero-order valence-electron chi connectivity index (χ0n) is 16.3. The summed E-state index contributed by atoms with van der Waals surface area (Å²) in [6, 6.07) is 9.53. The van der Waals surface area contributed by atoms with Gasteiger partial charge in [0.1, 0.15) is 4.70 Å². The van der Waals surface area contributed by atoms with Gasteiger partial charge in [-0.2, -0.15) is 0 Å². The highest BCUT2D eigenvalue weighted by atomic mass is 32.1. The Morgan fingerprint density at radius 3 is 2.62 bits per heavy atom. The van der Waals surface area contributed by atoms with Crippen LogP contribution in [0.1, 0.15) is 29.9 Å². The second-order valence-electron chi connectivity index (χ2n) is 7.84. The number of nitrogens with zero attached hydrogens (tertiary/aromatic N) is 2. The summed E-state index contributed by atoms with van der Waals surface area (Å²) in [5.41, 5.74) is 0.706. The van der Waals surface area contributed by atoms with Crippen LogP contribution >= 0.6 is 11.3 Å². The molecule has 0 spiro atoms. The molecule has 2 aromatic heterocycles. The van der Waals surface area contributed by atoms with Gasteiger partial charge in [0.05, 0.1) is 30.2 Å². The summed E-state index contributed by atoms with van der Waals surface area (Å²) < 4.78 is 8.52. The molecule has 1 aliphatic heterocycles. The highest BCUT2D eigenvalue weighted by molar-refractivity contribution is 7.19. The van der Waals surface area contributed by atoms with Gasteiger partial charge in [-0.05, 0) is 25.8 Å². The molecule has 3 heterocycles. The fraction of sp³-hybridized carbons (Fsp3) is 0.381. The van der Waals surface area contributed by atoms with Gasteiger partial charge in [0.2, 0.25) is 0 Å². The Labute approximate surface area is 170 Å². The summed E-state index contributed by atoms with van der Waals surface area (Å²) in [4.78, 5) is 38.5. The molecule has 7 nitrogen and oxygen atoms in total. The predicted molar refractivity (Wildman–Crippen MR) is 108 cm³/mol. The Hall–Kier alpha value is -2.71. The molecule has 3 aromatic rings. The van der Waals surface area contributed by atoms with Gasteiger partial charge in [0, 0.05) is 23.4 Å². The van der Waals surface area contributed by atoms with Crippen LogP contribution in [0.2, 0.25) is 0 Å². The van der Waals surface area contributed by atoms with E-state index in [0.717, 1.165) is 25.1 Å². The maximum absolute atomic E-state index is 13.1. The number of aryl methyl sites for hydroxylation is 1. The van der Waals surface area contributed by atoms with E-state index >= 15 is 0 Å². The van der Waals surface area contributed by atoms with Gasteiger partial charge in [-0.1, -0.05) is 30.3 Å². The summed E-state index contributed by atoms with van der Waals surface area (Å²) in [6.45, 7) is 3.74. The third-order valence-electron chi connectivity index (χ3n) is 5.18. The van der Waals surface area contributed by atoms with Gasteiger partial charge >= 0.3 is 5.69 Å². The molecule has 8 heteroatoms. The molecule has 4 rings (SSSR count). The Morgan fingerprint density at radius 1 is 1.21 bits per heavy atom. The fourth-order valence-electron chi connectivity index (χ4n) is 3.74. The average Bonchev–Trinajstić information content (AvgIpc) is 3.03. The topological polar surface area (TPSA) is 93.4 Å². The van der Waals surface area contributed by atoms with E-state index in [-0.39, 0.29) is 24.3 Å². The minimum Gasteiger partial charge on any atom is -0.548 e. The Balaban J connectivity index is 1.88. The normalized spacial score (nSPS) is 15.4. The van der Waals surface area contributed by atoms with Crippen LogP contribution in [0.25, 0.3) is 10.2 Å². The number of rotatable bonds is 5. The molecule has 0 N–H and O–H groups in total. The molecule has 29 heavy (non-hydrogen) atoms. The van der Waals surface area contributed by atoms with E-state index in [1.54, 1.807) is 0 Å². The number of carbonyl (C=O) groups excluding carboxylic acids is 1. The molecule has 0 atom stereocenters. The minimum atomic E-state index is -1.38. The summed E-state index contributed by atoms with van der Waals surface area (Å²) in [5, 5.41) is 11.3. The van der Waals surface area contributed by atoms with Crippen LogP contribution in [0.4, 0.5) is 0 Å². The van der Waals surface area contributed by atoms with Crippen LogP contribution in [0, 0.1) is 0 Å². The van der Waals surface area contributed by atoms with Crippen LogP contribution in [0.5, 0.6) is 0 Å². The Kier molecular flexibility index (Phi) is 4.92. The number of aliphatic carboxylic acids is 1. The number of fused-ring (bicyclic) bond motifs is 3. The molecule has 0 bridgehead atoms. The van der Waals surface area contributed by atoms with Crippen LogP contribution in [0.15, 0.2) is 39.9 Å². The Morgan fingerprint density at radius 2 is 1.93 bits per heavy atom. The first-order chi connectivity index (χ1) is 13.8. The number of thiophene rings is 1. The van der Waals surface area contributed by atoms with Crippen LogP contribution < -0.4 is 16.4 Å². The van der Waals surface area contributed by atoms with Gasteiger partial charge in [-0.25, -0.2) is 4.79 Å². The third kappa shape index (κ3) is 3.65. The van der Waals surface area contributed by atoms with Crippen molar-refractivity contribution >= 4 is 27.5 Å². The van der Waals surface area contributed by atoms with Gasteiger partial charge < -0.3 is 14.6 Å². The van der Waals surface area contributed by atoms with E-state index in [0.29, 0.717) is 23.1 Å². The number of aromatic nitrogens is 2. The van der Waals surface area contributed by atoms with Crippen molar-refractivity contribution in [3.63, 3.8) is 0 Å². The molecule has 1 aliphatic rings. The molecule has 152 valence electrons. The monoisotopic (exact) mass is 413 g/mol. The van der Waals surface area contributed by atoms with Gasteiger partial charge in [0.15, 0.2) is 0 Å². The average molecular weight is 413 g/mol. The van der Waals surface area contributed by atoms with E-state index in [1.165, 1.54) is 11.3 Å². The van der Waals surface area contributed by atoms with E-state index in [1.807, 2.05) is 44.2 Å². The fourth-order valence-corrected chi connectivity index (χ4v) is 5.21. The highest BCUT2D eigenvalue weighted by Gasteiger charge is 2.31. The summed E-state index contributed by atoms with van der Waals surface area (Å²) in [7, 11) is 0. The molecule has 0 amide bonds. The first-order valence-electron chi connectivity index (χ1n) is 9.42. The number of carbonyl (C=O) groups is 1. The van der Waals surface area contributed by atoms with E-state index in [2.05, 4.69) is 0 Å². The molecule has 0 unspecified atom stereocenters. The predicted octanol–water partition coefficient (Wildman–Crippen LogP) is 1.07. The summed E-state index contributed by atoms with van der Waals surface area (Å²) in [5.74, 6) is -1.38. The third-order valence-corrected chi connectivity index (χ3v) is 6.39. The number of hydrogen-bond acceptors (Lipinski definition) is 6. The van der Waals surface area contributed by atoms with Crippen LogP contribution in [-0.2, 0) is 42.1 Å². The minimum absolute atomic E-state index is 0.176. The Bertz CT molecular complexity index is 1200. The van der Waals surface area contributed by atoms with Crippen LogP contribution in [-0.4, -0.2) is 20.7 Å². The molecule has 1 aromatic carbocycles. The van der Waals surface area contributed by atoms with E-state index < -0.39 is 18.2 Å². The summed E-state index contributed by atoms with van der Waals surface area (Å²) in [6.07, 6.45) is 1.10. The first kappa shape index (κ1) is 19.6. The number of benzene rings is 1. The second kappa shape index (κ2) is 7.27. The number of carboxylic acid groups (broad SMARTS) is 1. The van der Waals surface area contributed by atoms with E-state index in [9.17, 15) is 19.5 Å². The molecular weight excluding hydrogens is 392 g/mol. The number of carboxylic acids is 1. The molecule has 0 radical (unpaired) electrons.